The molecule has 1 saturated carbocycles. The summed E-state index contributed by atoms with van der Waals surface area (Å²) in [6.45, 7) is 7.42. The molecular weight excluding hydrogens is 248 g/mol. The van der Waals surface area contributed by atoms with Crippen molar-refractivity contribution in [2.24, 2.45) is 17.2 Å². The summed E-state index contributed by atoms with van der Waals surface area (Å²) in [6.07, 6.45) is 3.84. The summed E-state index contributed by atoms with van der Waals surface area (Å²) in [6, 6.07) is 0. The Kier molecular flexibility index (Phi) is 4.19. The Morgan fingerprint density at radius 2 is 2.28 bits per heavy atom. The van der Waals surface area contributed by atoms with Crippen LogP contribution in [0.1, 0.15) is 45.7 Å². The number of anilines is 1. The smallest absolute Gasteiger partial charge is 0.149 e. The number of rotatable bonds is 4. The maximum atomic E-state index is 5.98. The van der Waals surface area contributed by atoms with Crippen molar-refractivity contribution in [1.82, 2.24) is 9.59 Å². The van der Waals surface area contributed by atoms with Gasteiger partial charge in [-0.1, -0.05) is 25.3 Å². The first-order valence-corrected chi connectivity index (χ1v) is 7.17. The van der Waals surface area contributed by atoms with E-state index in [-0.39, 0.29) is 0 Å². The Balaban J connectivity index is 1.90. The van der Waals surface area contributed by atoms with Crippen LogP contribution in [0.4, 0.5) is 5.00 Å². The van der Waals surface area contributed by atoms with Crippen molar-refractivity contribution in [3.8, 4) is 0 Å². The maximum Gasteiger partial charge on any atom is 0.149 e. The number of aromatic nitrogens is 2. The highest BCUT2D eigenvalue weighted by atomic mass is 32.1. The summed E-state index contributed by atoms with van der Waals surface area (Å²) in [5.74, 6) is 6.12. The van der Waals surface area contributed by atoms with Gasteiger partial charge in [-0.05, 0) is 30.6 Å². The van der Waals surface area contributed by atoms with Crippen LogP contribution in [0.3, 0.4) is 0 Å². The summed E-state index contributed by atoms with van der Waals surface area (Å²) in [5.41, 5.74) is 3.78. The second kappa shape index (κ2) is 5.50. The van der Waals surface area contributed by atoms with E-state index in [1.807, 2.05) is 0 Å². The molecule has 0 aliphatic heterocycles. The second-order valence-electron chi connectivity index (χ2n) is 6.04. The van der Waals surface area contributed by atoms with Crippen LogP contribution in [0.5, 0.6) is 0 Å². The molecule has 0 spiro atoms. The molecule has 1 fully saturated rings. The van der Waals surface area contributed by atoms with Gasteiger partial charge in [0.05, 0.1) is 12.7 Å². The molecule has 0 saturated heterocycles. The van der Waals surface area contributed by atoms with Crippen molar-refractivity contribution in [2.45, 2.75) is 52.7 Å². The lowest BCUT2D eigenvalue weighted by Crippen LogP contribution is -2.32. The zero-order chi connectivity index (χ0) is 13.2. The monoisotopic (exact) mass is 270 g/mol. The maximum absolute atomic E-state index is 5.98. The quantitative estimate of drug-likeness (QED) is 0.650. The van der Waals surface area contributed by atoms with Crippen LogP contribution in [-0.4, -0.2) is 15.7 Å². The lowest BCUT2D eigenvalue weighted by Gasteiger charge is -2.38. The molecule has 1 aromatic heterocycles. The summed E-state index contributed by atoms with van der Waals surface area (Å²) in [7, 11) is 0. The van der Waals surface area contributed by atoms with Crippen LogP contribution >= 0.6 is 11.5 Å². The van der Waals surface area contributed by atoms with Crippen LogP contribution < -0.4 is 11.3 Å². The van der Waals surface area contributed by atoms with Gasteiger partial charge in [0.2, 0.25) is 0 Å². The minimum absolute atomic E-state index is 0.316. The van der Waals surface area contributed by atoms with Crippen molar-refractivity contribution < 1.29 is 4.74 Å². The third kappa shape index (κ3) is 3.40. The summed E-state index contributed by atoms with van der Waals surface area (Å²) in [4.78, 5) is 0. The Hall–Kier alpha value is -0.720. The van der Waals surface area contributed by atoms with Crippen molar-refractivity contribution >= 4 is 16.5 Å². The van der Waals surface area contributed by atoms with Gasteiger partial charge < -0.3 is 10.2 Å². The van der Waals surface area contributed by atoms with E-state index in [1.165, 1.54) is 18.0 Å². The van der Waals surface area contributed by atoms with E-state index in [0.717, 1.165) is 29.5 Å². The molecule has 5 nitrogen and oxygen atoms in total. The number of nitrogen functional groups attached to an aromatic ring is 1. The standard InChI is InChI=1S/C12H22N4OS/c1-8-4-9(6-12(2,3)5-8)17-7-10-11(14-13)18-16-15-10/h8-9,14H,4-7,13H2,1-3H3. The Labute approximate surface area is 112 Å². The average molecular weight is 270 g/mol. The van der Waals surface area contributed by atoms with Crippen LogP contribution in [0, 0.1) is 11.3 Å². The Morgan fingerprint density at radius 1 is 1.50 bits per heavy atom. The topological polar surface area (TPSA) is 73.1 Å². The molecule has 6 heteroatoms. The fraction of sp³-hybridized carbons (Fsp3) is 0.833. The molecule has 0 radical (unpaired) electrons. The van der Waals surface area contributed by atoms with E-state index < -0.39 is 0 Å². The van der Waals surface area contributed by atoms with Crippen molar-refractivity contribution in [2.75, 3.05) is 5.43 Å². The molecule has 0 amide bonds. The number of hydrazine groups is 1. The molecule has 0 aromatic carbocycles. The summed E-state index contributed by atoms with van der Waals surface area (Å²) < 4.78 is 9.85. The van der Waals surface area contributed by atoms with Crippen LogP contribution in [0.15, 0.2) is 0 Å². The molecule has 102 valence electrons. The number of nitrogens with two attached hydrogens (primary N) is 1. The molecule has 0 bridgehead atoms. The van der Waals surface area contributed by atoms with E-state index >= 15 is 0 Å². The van der Waals surface area contributed by atoms with E-state index in [4.69, 9.17) is 10.6 Å². The average Bonchev–Trinajstić information content (AvgIpc) is 2.70. The minimum Gasteiger partial charge on any atom is -0.372 e. The first kappa shape index (κ1) is 13.7. The van der Waals surface area contributed by atoms with Gasteiger partial charge in [0, 0.05) is 11.5 Å². The normalized spacial score (nSPS) is 27.1. The first-order chi connectivity index (χ1) is 8.50. The van der Waals surface area contributed by atoms with Crippen LogP contribution in [0.2, 0.25) is 0 Å². The predicted molar refractivity (Wildman–Crippen MR) is 73.1 cm³/mol. The molecule has 2 atom stereocenters. The van der Waals surface area contributed by atoms with E-state index in [2.05, 4.69) is 35.8 Å². The van der Waals surface area contributed by atoms with Crippen molar-refractivity contribution in [1.29, 1.82) is 0 Å². The fourth-order valence-corrected chi connectivity index (χ4v) is 3.47. The van der Waals surface area contributed by atoms with Gasteiger partial charge in [0.15, 0.2) is 0 Å². The SMILES string of the molecule is CC1CC(OCc2nnsc2NN)CC(C)(C)C1. The van der Waals surface area contributed by atoms with E-state index in [0.29, 0.717) is 18.1 Å². The highest BCUT2D eigenvalue weighted by molar-refractivity contribution is 7.10. The lowest BCUT2D eigenvalue weighted by molar-refractivity contribution is -0.0325. The van der Waals surface area contributed by atoms with Gasteiger partial charge in [-0.3, -0.25) is 0 Å². The largest absolute Gasteiger partial charge is 0.372 e. The van der Waals surface area contributed by atoms with Crippen molar-refractivity contribution in [3.63, 3.8) is 0 Å². The molecule has 1 aliphatic rings. The number of nitrogens with zero attached hydrogens (tertiary/aromatic N) is 2. The highest BCUT2D eigenvalue weighted by Gasteiger charge is 2.32. The molecule has 1 aliphatic carbocycles. The number of ether oxygens (including phenoxy) is 1. The molecule has 18 heavy (non-hydrogen) atoms. The zero-order valence-corrected chi connectivity index (χ0v) is 12.1. The van der Waals surface area contributed by atoms with Gasteiger partial charge in [-0.15, -0.1) is 5.10 Å². The van der Waals surface area contributed by atoms with Crippen molar-refractivity contribution in [3.05, 3.63) is 5.69 Å². The second-order valence-corrected chi connectivity index (χ2v) is 6.79. The molecular formula is C12H22N4OS. The van der Waals surface area contributed by atoms with Gasteiger partial charge in [-0.25, -0.2) is 5.84 Å². The molecule has 1 heterocycles. The molecule has 1 aromatic rings. The van der Waals surface area contributed by atoms with Gasteiger partial charge in [-0.2, -0.15) is 0 Å². The minimum atomic E-state index is 0.316. The van der Waals surface area contributed by atoms with Gasteiger partial charge in [0.25, 0.3) is 0 Å². The predicted octanol–water partition coefficient (Wildman–Crippen LogP) is 2.56. The summed E-state index contributed by atoms with van der Waals surface area (Å²) >= 11 is 1.26. The van der Waals surface area contributed by atoms with E-state index in [1.54, 1.807) is 0 Å². The van der Waals surface area contributed by atoms with Gasteiger partial charge in [0.1, 0.15) is 10.7 Å². The van der Waals surface area contributed by atoms with Crippen LogP contribution in [-0.2, 0) is 11.3 Å². The summed E-state index contributed by atoms with van der Waals surface area (Å²) in [5, 5.41) is 4.82. The first-order valence-electron chi connectivity index (χ1n) is 6.39. The molecule has 2 unspecified atom stereocenters. The third-order valence-corrected chi connectivity index (χ3v) is 4.19. The molecule has 3 N–H and O–H groups in total. The lowest BCUT2D eigenvalue weighted by atomic mass is 9.71. The third-order valence-electron chi connectivity index (χ3n) is 3.49. The Bertz CT molecular complexity index is 393. The zero-order valence-electron chi connectivity index (χ0n) is 11.3. The number of hydrogen-bond donors (Lipinski definition) is 2. The van der Waals surface area contributed by atoms with E-state index in [9.17, 15) is 0 Å². The van der Waals surface area contributed by atoms with Gasteiger partial charge >= 0.3 is 0 Å². The number of hydrogen-bond acceptors (Lipinski definition) is 6. The highest BCUT2D eigenvalue weighted by Crippen LogP contribution is 2.40. The number of nitrogens with one attached hydrogen (secondary N) is 1. The van der Waals surface area contributed by atoms with Crippen LogP contribution in [0.25, 0.3) is 0 Å². The Morgan fingerprint density at radius 3 is 2.94 bits per heavy atom. The fourth-order valence-electron chi connectivity index (χ4n) is 2.99. The molecule has 2 rings (SSSR count).